The van der Waals surface area contributed by atoms with Gasteiger partial charge in [0, 0.05) is 22.8 Å². The quantitative estimate of drug-likeness (QED) is 0.733. The molecule has 0 radical (unpaired) electrons. The molecule has 3 rings (SSSR count). The third-order valence-corrected chi connectivity index (χ3v) is 4.78. The SMILES string of the molecule is COc1ccccc1[C@H](C)NCc1csc2ccccc12. The van der Waals surface area contributed by atoms with Crippen LogP contribution in [0.1, 0.15) is 24.1 Å². The molecule has 1 N–H and O–H groups in total. The van der Waals surface area contributed by atoms with Crippen molar-refractivity contribution in [3.63, 3.8) is 0 Å². The van der Waals surface area contributed by atoms with Gasteiger partial charge in [-0.25, -0.2) is 0 Å². The van der Waals surface area contributed by atoms with Crippen LogP contribution in [0.5, 0.6) is 5.75 Å². The Hall–Kier alpha value is -1.84. The van der Waals surface area contributed by atoms with Gasteiger partial charge in [-0.1, -0.05) is 36.4 Å². The maximum atomic E-state index is 5.44. The van der Waals surface area contributed by atoms with E-state index < -0.39 is 0 Å². The average Bonchev–Trinajstić information content (AvgIpc) is 2.96. The van der Waals surface area contributed by atoms with E-state index in [1.165, 1.54) is 21.2 Å². The van der Waals surface area contributed by atoms with Crippen LogP contribution in [0.2, 0.25) is 0 Å². The first-order chi connectivity index (χ1) is 10.3. The van der Waals surface area contributed by atoms with Crippen molar-refractivity contribution in [2.24, 2.45) is 0 Å². The number of fused-ring (bicyclic) bond motifs is 1. The molecule has 0 aliphatic rings. The second-order valence-electron chi connectivity index (χ2n) is 5.10. The fourth-order valence-electron chi connectivity index (χ4n) is 2.57. The van der Waals surface area contributed by atoms with Gasteiger partial charge in [0.1, 0.15) is 5.75 Å². The molecule has 0 unspecified atom stereocenters. The summed E-state index contributed by atoms with van der Waals surface area (Å²) in [5, 5.41) is 7.19. The molecule has 2 nitrogen and oxygen atoms in total. The number of para-hydroxylation sites is 1. The zero-order chi connectivity index (χ0) is 14.7. The van der Waals surface area contributed by atoms with E-state index in [0.717, 1.165) is 12.3 Å². The standard InChI is InChI=1S/C18H19NOS/c1-13(15-7-3-5-9-17(15)20-2)19-11-14-12-21-18-10-6-4-8-16(14)18/h3-10,12-13,19H,11H2,1-2H3/t13-/m0/s1. The Labute approximate surface area is 129 Å². The Kier molecular flexibility index (Phi) is 4.23. The van der Waals surface area contributed by atoms with E-state index in [1.807, 2.05) is 12.1 Å². The number of ether oxygens (including phenoxy) is 1. The van der Waals surface area contributed by atoms with Gasteiger partial charge in [-0.15, -0.1) is 11.3 Å². The van der Waals surface area contributed by atoms with Gasteiger partial charge in [0.15, 0.2) is 0 Å². The van der Waals surface area contributed by atoms with Gasteiger partial charge < -0.3 is 10.1 Å². The van der Waals surface area contributed by atoms with E-state index in [0.29, 0.717) is 0 Å². The fourth-order valence-corrected chi connectivity index (χ4v) is 3.53. The van der Waals surface area contributed by atoms with Crippen LogP contribution in [-0.2, 0) is 6.54 Å². The zero-order valence-corrected chi connectivity index (χ0v) is 13.1. The van der Waals surface area contributed by atoms with Gasteiger partial charge in [0.25, 0.3) is 0 Å². The van der Waals surface area contributed by atoms with Crippen molar-refractivity contribution in [1.82, 2.24) is 5.32 Å². The second-order valence-corrected chi connectivity index (χ2v) is 6.01. The number of rotatable bonds is 5. The van der Waals surface area contributed by atoms with Gasteiger partial charge in [-0.05, 0) is 35.4 Å². The van der Waals surface area contributed by atoms with Crippen molar-refractivity contribution in [2.75, 3.05) is 7.11 Å². The molecule has 1 atom stereocenters. The predicted molar refractivity (Wildman–Crippen MR) is 90.1 cm³/mol. The van der Waals surface area contributed by atoms with Gasteiger partial charge >= 0.3 is 0 Å². The van der Waals surface area contributed by atoms with Crippen LogP contribution in [0, 0.1) is 0 Å². The Morgan fingerprint density at radius 1 is 1.10 bits per heavy atom. The van der Waals surface area contributed by atoms with Crippen LogP contribution >= 0.6 is 11.3 Å². The second kappa shape index (κ2) is 6.29. The van der Waals surface area contributed by atoms with Crippen LogP contribution in [0.3, 0.4) is 0 Å². The third-order valence-electron chi connectivity index (χ3n) is 3.77. The molecule has 0 aliphatic carbocycles. The lowest BCUT2D eigenvalue weighted by Crippen LogP contribution is -2.18. The first-order valence-corrected chi connectivity index (χ1v) is 7.99. The summed E-state index contributed by atoms with van der Waals surface area (Å²) in [6.45, 7) is 3.04. The molecule has 0 saturated carbocycles. The summed E-state index contributed by atoms with van der Waals surface area (Å²) >= 11 is 1.80. The van der Waals surface area contributed by atoms with Crippen molar-refractivity contribution in [3.8, 4) is 5.75 Å². The summed E-state index contributed by atoms with van der Waals surface area (Å²) < 4.78 is 6.78. The maximum absolute atomic E-state index is 5.44. The van der Waals surface area contributed by atoms with Crippen molar-refractivity contribution >= 4 is 21.4 Å². The van der Waals surface area contributed by atoms with Gasteiger partial charge in [-0.3, -0.25) is 0 Å². The van der Waals surface area contributed by atoms with E-state index in [9.17, 15) is 0 Å². The monoisotopic (exact) mass is 297 g/mol. The molecule has 108 valence electrons. The average molecular weight is 297 g/mol. The van der Waals surface area contributed by atoms with Crippen molar-refractivity contribution in [3.05, 3.63) is 65.0 Å². The molecule has 0 fully saturated rings. The molecule has 0 saturated heterocycles. The third kappa shape index (κ3) is 2.94. The Morgan fingerprint density at radius 2 is 1.86 bits per heavy atom. The van der Waals surface area contributed by atoms with E-state index in [4.69, 9.17) is 4.74 Å². The van der Waals surface area contributed by atoms with Crippen molar-refractivity contribution in [2.45, 2.75) is 19.5 Å². The van der Waals surface area contributed by atoms with E-state index in [2.05, 4.69) is 54.0 Å². The summed E-state index contributed by atoms with van der Waals surface area (Å²) in [4.78, 5) is 0. The Balaban J connectivity index is 1.75. The summed E-state index contributed by atoms with van der Waals surface area (Å²) in [5.41, 5.74) is 2.55. The van der Waals surface area contributed by atoms with E-state index >= 15 is 0 Å². The van der Waals surface area contributed by atoms with Crippen LogP contribution in [0.25, 0.3) is 10.1 Å². The minimum absolute atomic E-state index is 0.250. The number of benzene rings is 2. The lowest BCUT2D eigenvalue weighted by Gasteiger charge is -2.17. The van der Waals surface area contributed by atoms with Crippen LogP contribution in [0.4, 0.5) is 0 Å². The number of thiophene rings is 1. The number of methoxy groups -OCH3 is 1. The molecule has 1 aromatic heterocycles. The van der Waals surface area contributed by atoms with Gasteiger partial charge in [0.2, 0.25) is 0 Å². The highest BCUT2D eigenvalue weighted by Crippen LogP contribution is 2.28. The lowest BCUT2D eigenvalue weighted by molar-refractivity contribution is 0.401. The Bertz CT molecular complexity index is 735. The molecule has 21 heavy (non-hydrogen) atoms. The molecule has 3 heteroatoms. The van der Waals surface area contributed by atoms with Gasteiger partial charge in [0.05, 0.1) is 7.11 Å². The smallest absolute Gasteiger partial charge is 0.123 e. The van der Waals surface area contributed by atoms with E-state index in [1.54, 1.807) is 18.4 Å². The zero-order valence-electron chi connectivity index (χ0n) is 12.3. The molecular weight excluding hydrogens is 278 g/mol. The molecule has 0 spiro atoms. The normalized spacial score (nSPS) is 12.5. The van der Waals surface area contributed by atoms with Crippen LogP contribution in [0.15, 0.2) is 53.9 Å². The topological polar surface area (TPSA) is 21.3 Å². The fraction of sp³-hybridized carbons (Fsp3) is 0.222. The summed E-state index contributed by atoms with van der Waals surface area (Å²) in [7, 11) is 1.72. The molecule has 2 aromatic carbocycles. The van der Waals surface area contributed by atoms with Crippen LogP contribution in [-0.4, -0.2) is 7.11 Å². The molecule has 0 bridgehead atoms. The number of hydrogen-bond acceptors (Lipinski definition) is 3. The molecule has 0 amide bonds. The molecule has 1 heterocycles. The Morgan fingerprint density at radius 3 is 2.71 bits per heavy atom. The first-order valence-electron chi connectivity index (χ1n) is 7.11. The summed E-state index contributed by atoms with van der Waals surface area (Å²) in [6, 6.07) is 17.0. The highest BCUT2D eigenvalue weighted by atomic mass is 32.1. The lowest BCUT2D eigenvalue weighted by atomic mass is 10.1. The van der Waals surface area contributed by atoms with Crippen molar-refractivity contribution < 1.29 is 4.74 Å². The molecule has 3 aromatic rings. The number of nitrogens with one attached hydrogen (secondary N) is 1. The molecular formula is C18H19NOS. The largest absolute Gasteiger partial charge is 0.496 e. The van der Waals surface area contributed by atoms with E-state index in [-0.39, 0.29) is 6.04 Å². The van der Waals surface area contributed by atoms with Crippen LogP contribution < -0.4 is 10.1 Å². The molecule has 0 aliphatic heterocycles. The predicted octanol–water partition coefficient (Wildman–Crippen LogP) is 4.76. The summed E-state index contributed by atoms with van der Waals surface area (Å²) in [6.07, 6.45) is 0. The highest BCUT2D eigenvalue weighted by Gasteiger charge is 2.11. The summed E-state index contributed by atoms with van der Waals surface area (Å²) in [5.74, 6) is 0.938. The maximum Gasteiger partial charge on any atom is 0.123 e. The first kappa shape index (κ1) is 14.1. The minimum Gasteiger partial charge on any atom is -0.496 e. The highest BCUT2D eigenvalue weighted by molar-refractivity contribution is 7.17. The van der Waals surface area contributed by atoms with Crippen molar-refractivity contribution in [1.29, 1.82) is 0 Å². The number of hydrogen-bond donors (Lipinski definition) is 1. The van der Waals surface area contributed by atoms with Gasteiger partial charge in [-0.2, -0.15) is 0 Å². The minimum atomic E-state index is 0.250.